The fourth-order valence-electron chi connectivity index (χ4n) is 3.24. The third-order valence-electron chi connectivity index (χ3n) is 4.84. The molecule has 0 saturated carbocycles. The van der Waals surface area contributed by atoms with Gasteiger partial charge in [-0.2, -0.15) is 0 Å². The second-order valence-electron chi connectivity index (χ2n) is 7.09. The number of rotatable bonds is 7. The molecule has 1 fully saturated rings. The number of piperidine rings is 1. The first-order chi connectivity index (χ1) is 13.1. The van der Waals surface area contributed by atoms with E-state index in [0.717, 1.165) is 12.1 Å². The summed E-state index contributed by atoms with van der Waals surface area (Å²) in [5.41, 5.74) is 2.36. The van der Waals surface area contributed by atoms with E-state index in [1.165, 1.54) is 62.2 Å². The van der Waals surface area contributed by atoms with E-state index in [4.69, 9.17) is 4.74 Å². The Bertz CT molecular complexity index is 725. The molecule has 0 spiro atoms. The van der Waals surface area contributed by atoms with Crippen LogP contribution in [0, 0.1) is 5.82 Å². The molecule has 2 aromatic carbocycles. The van der Waals surface area contributed by atoms with E-state index in [2.05, 4.69) is 34.5 Å². The zero-order valence-electron chi connectivity index (χ0n) is 15.8. The predicted molar refractivity (Wildman–Crippen MR) is 104 cm³/mol. The van der Waals surface area contributed by atoms with Gasteiger partial charge < -0.3 is 10.1 Å². The highest BCUT2D eigenvalue weighted by Gasteiger charge is 2.14. The molecule has 1 aliphatic rings. The Kier molecular flexibility index (Phi) is 6.82. The molecule has 0 aromatic heterocycles. The Morgan fingerprint density at radius 1 is 1.04 bits per heavy atom. The van der Waals surface area contributed by atoms with Crippen molar-refractivity contribution in [3.05, 3.63) is 65.5 Å². The number of amides is 1. The highest BCUT2D eigenvalue weighted by atomic mass is 19.1. The molecule has 0 bridgehead atoms. The number of ether oxygens (including phenoxy) is 1. The van der Waals surface area contributed by atoms with Crippen molar-refractivity contribution in [1.82, 2.24) is 10.2 Å². The molecule has 3 rings (SSSR count). The zero-order chi connectivity index (χ0) is 19.1. The lowest BCUT2D eigenvalue weighted by molar-refractivity contribution is -0.127. The molecule has 1 aliphatic heterocycles. The van der Waals surface area contributed by atoms with Crippen LogP contribution in [0.15, 0.2) is 48.5 Å². The van der Waals surface area contributed by atoms with Gasteiger partial charge in [0.2, 0.25) is 0 Å². The Morgan fingerprint density at radius 3 is 2.33 bits per heavy atom. The number of nitrogens with one attached hydrogen (secondary N) is 1. The molecular formula is C22H27FN2O2. The van der Waals surface area contributed by atoms with E-state index >= 15 is 0 Å². The quantitative estimate of drug-likeness (QED) is 0.804. The van der Waals surface area contributed by atoms with Crippen molar-refractivity contribution in [2.45, 2.75) is 45.4 Å². The van der Waals surface area contributed by atoms with Crippen LogP contribution >= 0.6 is 0 Å². The van der Waals surface area contributed by atoms with Gasteiger partial charge in [-0.1, -0.05) is 30.7 Å². The van der Waals surface area contributed by atoms with Gasteiger partial charge in [0.25, 0.3) is 5.91 Å². The summed E-state index contributed by atoms with van der Waals surface area (Å²) < 4.78 is 18.5. The predicted octanol–water partition coefficient (Wildman–Crippen LogP) is 3.90. The lowest BCUT2D eigenvalue weighted by Gasteiger charge is -2.26. The molecule has 1 amide bonds. The number of nitrogens with zero attached hydrogens (tertiary/aromatic N) is 1. The molecule has 1 atom stereocenters. The van der Waals surface area contributed by atoms with Gasteiger partial charge in [0, 0.05) is 13.1 Å². The van der Waals surface area contributed by atoms with E-state index in [1.807, 2.05) is 0 Å². The van der Waals surface area contributed by atoms with Crippen molar-refractivity contribution in [3.63, 3.8) is 0 Å². The summed E-state index contributed by atoms with van der Waals surface area (Å²) in [5, 5.41) is 2.88. The number of carbonyl (C=O) groups is 1. The van der Waals surface area contributed by atoms with Crippen LogP contribution in [0.4, 0.5) is 4.39 Å². The minimum absolute atomic E-state index is 0.197. The van der Waals surface area contributed by atoms with Crippen molar-refractivity contribution >= 4 is 5.91 Å². The van der Waals surface area contributed by atoms with Crippen molar-refractivity contribution in [1.29, 1.82) is 0 Å². The maximum atomic E-state index is 12.9. The topological polar surface area (TPSA) is 41.6 Å². The van der Waals surface area contributed by atoms with Gasteiger partial charge in [0.15, 0.2) is 6.10 Å². The minimum Gasteiger partial charge on any atom is -0.481 e. The summed E-state index contributed by atoms with van der Waals surface area (Å²) in [4.78, 5) is 14.7. The van der Waals surface area contributed by atoms with Gasteiger partial charge in [-0.15, -0.1) is 0 Å². The summed E-state index contributed by atoms with van der Waals surface area (Å²) in [6.07, 6.45) is 3.29. The second-order valence-corrected chi connectivity index (χ2v) is 7.09. The third-order valence-corrected chi connectivity index (χ3v) is 4.84. The van der Waals surface area contributed by atoms with Gasteiger partial charge in [-0.25, -0.2) is 4.39 Å². The van der Waals surface area contributed by atoms with Gasteiger partial charge in [0.1, 0.15) is 11.6 Å². The van der Waals surface area contributed by atoms with Crippen molar-refractivity contribution in [2.24, 2.45) is 0 Å². The van der Waals surface area contributed by atoms with Crippen molar-refractivity contribution in [3.8, 4) is 5.75 Å². The van der Waals surface area contributed by atoms with Crippen LogP contribution in [0.1, 0.15) is 37.3 Å². The first-order valence-corrected chi connectivity index (χ1v) is 9.60. The van der Waals surface area contributed by atoms with E-state index in [9.17, 15) is 9.18 Å². The minimum atomic E-state index is -0.645. The van der Waals surface area contributed by atoms with Crippen LogP contribution in [0.25, 0.3) is 0 Å². The first-order valence-electron chi connectivity index (χ1n) is 9.60. The molecule has 27 heavy (non-hydrogen) atoms. The maximum absolute atomic E-state index is 12.9. The number of likely N-dealkylation sites (tertiary alicyclic amines) is 1. The first kappa shape index (κ1) is 19.4. The number of hydrogen-bond acceptors (Lipinski definition) is 3. The summed E-state index contributed by atoms with van der Waals surface area (Å²) in [6, 6.07) is 14.0. The molecule has 1 heterocycles. The van der Waals surface area contributed by atoms with E-state index in [1.54, 1.807) is 6.92 Å². The molecule has 2 aromatic rings. The van der Waals surface area contributed by atoms with Crippen LogP contribution in [-0.2, 0) is 17.9 Å². The van der Waals surface area contributed by atoms with Crippen molar-refractivity contribution < 1.29 is 13.9 Å². The Morgan fingerprint density at radius 2 is 1.67 bits per heavy atom. The number of hydrogen-bond donors (Lipinski definition) is 1. The maximum Gasteiger partial charge on any atom is 0.261 e. The molecule has 5 heteroatoms. The van der Waals surface area contributed by atoms with Crippen LogP contribution in [0.5, 0.6) is 5.75 Å². The molecule has 1 N–H and O–H groups in total. The van der Waals surface area contributed by atoms with E-state index in [0.29, 0.717) is 12.3 Å². The van der Waals surface area contributed by atoms with Crippen LogP contribution in [-0.4, -0.2) is 30.0 Å². The number of halogens is 1. The summed E-state index contributed by atoms with van der Waals surface area (Å²) in [6.45, 7) is 5.50. The van der Waals surface area contributed by atoms with Gasteiger partial charge >= 0.3 is 0 Å². The Hall–Kier alpha value is -2.40. The lowest BCUT2D eigenvalue weighted by atomic mass is 10.1. The monoisotopic (exact) mass is 370 g/mol. The lowest BCUT2D eigenvalue weighted by Crippen LogP contribution is -2.35. The highest BCUT2D eigenvalue weighted by Crippen LogP contribution is 2.15. The van der Waals surface area contributed by atoms with Crippen LogP contribution in [0.2, 0.25) is 0 Å². The molecule has 1 saturated heterocycles. The zero-order valence-corrected chi connectivity index (χ0v) is 15.8. The summed E-state index contributed by atoms with van der Waals surface area (Å²) in [5.74, 6) is -0.0546. The SMILES string of the molecule is C[C@H](Oc1ccc(F)cc1)C(=O)NCc1ccc(CN2CCCCC2)cc1. The van der Waals surface area contributed by atoms with Crippen LogP contribution in [0.3, 0.4) is 0 Å². The average molecular weight is 370 g/mol. The van der Waals surface area contributed by atoms with Crippen molar-refractivity contribution in [2.75, 3.05) is 13.1 Å². The number of carbonyl (C=O) groups excluding carboxylic acids is 1. The van der Waals surface area contributed by atoms with Gasteiger partial charge in [0.05, 0.1) is 0 Å². The van der Waals surface area contributed by atoms with Gasteiger partial charge in [-0.05, 0) is 68.2 Å². The molecule has 0 aliphatic carbocycles. The average Bonchev–Trinajstić information content (AvgIpc) is 2.69. The molecule has 0 radical (unpaired) electrons. The van der Waals surface area contributed by atoms with E-state index in [-0.39, 0.29) is 11.7 Å². The number of benzene rings is 2. The van der Waals surface area contributed by atoms with Crippen LogP contribution < -0.4 is 10.1 Å². The molecule has 4 nitrogen and oxygen atoms in total. The normalized spacial score (nSPS) is 15.9. The Balaban J connectivity index is 1.44. The molecule has 0 unspecified atom stereocenters. The molecular weight excluding hydrogens is 343 g/mol. The third kappa shape index (κ3) is 6.07. The Labute approximate surface area is 160 Å². The fraction of sp³-hybridized carbons (Fsp3) is 0.409. The largest absolute Gasteiger partial charge is 0.481 e. The fourth-order valence-corrected chi connectivity index (χ4v) is 3.24. The summed E-state index contributed by atoms with van der Waals surface area (Å²) >= 11 is 0. The highest BCUT2D eigenvalue weighted by molar-refractivity contribution is 5.80. The smallest absolute Gasteiger partial charge is 0.261 e. The molecule has 144 valence electrons. The van der Waals surface area contributed by atoms with Gasteiger partial charge in [-0.3, -0.25) is 9.69 Å². The summed E-state index contributed by atoms with van der Waals surface area (Å²) in [7, 11) is 0. The second kappa shape index (κ2) is 9.51. The standard InChI is InChI=1S/C22H27FN2O2/c1-17(27-21-11-9-20(23)10-12-21)22(26)24-15-18-5-7-19(8-6-18)16-25-13-3-2-4-14-25/h5-12,17H,2-4,13-16H2,1H3,(H,24,26)/t17-/m0/s1. The van der Waals surface area contributed by atoms with E-state index < -0.39 is 6.10 Å².